The van der Waals surface area contributed by atoms with Crippen LogP contribution >= 0.6 is 0 Å². The third kappa shape index (κ3) is 2.46. The van der Waals surface area contributed by atoms with Crippen LogP contribution in [0.5, 0.6) is 0 Å². The fraction of sp³-hybridized carbons (Fsp3) is 0.412. The van der Waals surface area contributed by atoms with Gasteiger partial charge in [0.05, 0.1) is 18.5 Å². The average Bonchev–Trinajstić information content (AvgIpc) is 2.70. The van der Waals surface area contributed by atoms with E-state index < -0.39 is 0 Å². The number of allylic oxidation sites excluding steroid dienone is 2. The van der Waals surface area contributed by atoms with Crippen molar-refractivity contribution in [3.05, 3.63) is 42.0 Å². The predicted molar refractivity (Wildman–Crippen MR) is 81.4 cm³/mol. The lowest BCUT2D eigenvalue weighted by Gasteiger charge is -2.22. The first-order chi connectivity index (χ1) is 10.1. The predicted octanol–water partition coefficient (Wildman–Crippen LogP) is 2.56. The van der Waals surface area contributed by atoms with Crippen molar-refractivity contribution in [1.29, 1.82) is 0 Å². The van der Waals surface area contributed by atoms with Gasteiger partial charge in [0.15, 0.2) is 0 Å². The summed E-state index contributed by atoms with van der Waals surface area (Å²) in [5.74, 6) is -0.286. The molecular formula is C17H20N2O2. The maximum Gasteiger partial charge on any atom is 0.235 e. The molecule has 3 rings (SSSR count). The van der Waals surface area contributed by atoms with Crippen LogP contribution in [0.15, 0.2) is 36.4 Å². The van der Waals surface area contributed by atoms with Gasteiger partial charge in [-0.15, -0.1) is 0 Å². The van der Waals surface area contributed by atoms with Crippen molar-refractivity contribution in [3.63, 3.8) is 0 Å². The number of amides is 2. The average molecular weight is 284 g/mol. The molecule has 0 unspecified atom stereocenters. The van der Waals surface area contributed by atoms with Crippen LogP contribution in [0.4, 0.5) is 5.69 Å². The molecule has 2 aliphatic rings. The number of benzene rings is 1. The first-order valence-electron chi connectivity index (χ1n) is 7.40. The summed E-state index contributed by atoms with van der Waals surface area (Å²) < 4.78 is 0. The molecule has 4 heteroatoms. The minimum Gasteiger partial charge on any atom is -0.367 e. The molecule has 0 bridgehead atoms. The summed E-state index contributed by atoms with van der Waals surface area (Å²) in [5, 5.41) is 3.18. The molecule has 1 aromatic rings. The first kappa shape index (κ1) is 13.9. The van der Waals surface area contributed by atoms with Gasteiger partial charge in [0.25, 0.3) is 0 Å². The van der Waals surface area contributed by atoms with Crippen LogP contribution in [0.2, 0.25) is 0 Å². The summed E-state index contributed by atoms with van der Waals surface area (Å²) >= 11 is 0. The van der Waals surface area contributed by atoms with Gasteiger partial charge < -0.3 is 5.32 Å². The molecule has 1 aliphatic heterocycles. The highest BCUT2D eigenvalue weighted by molar-refractivity contribution is 6.05. The Morgan fingerprint density at radius 1 is 1.29 bits per heavy atom. The van der Waals surface area contributed by atoms with E-state index in [1.165, 1.54) is 4.90 Å². The van der Waals surface area contributed by atoms with Crippen LogP contribution in [0.1, 0.15) is 18.9 Å². The fourth-order valence-corrected chi connectivity index (χ4v) is 3.29. The molecule has 0 saturated carbocycles. The van der Waals surface area contributed by atoms with Gasteiger partial charge in [0, 0.05) is 5.69 Å². The van der Waals surface area contributed by atoms with Crippen molar-refractivity contribution in [1.82, 2.24) is 4.90 Å². The molecule has 0 radical (unpaired) electrons. The molecule has 2 amide bonds. The van der Waals surface area contributed by atoms with Crippen molar-refractivity contribution < 1.29 is 9.59 Å². The Morgan fingerprint density at radius 2 is 2.10 bits per heavy atom. The lowest BCUT2D eigenvalue weighted by molar-refractivity contribution is -0.139. The molecule has 21 heavy (non-hydrogen) atoms. The van der Waals surface area contributed by atoms with E-state index >= 15 is 0 Å². The second-order valence-electron chi connectivity index (χ2n) is 5.96. The summed E-state index contributed by atoms with van der Waals surface area (Å²) in [4.78, 5) is 26.3. The van der Waals surface area contributed by atoms with Crippen LogP contribution in [0.3, 0.4) is 0 Å². The Kier molecular flexibility index (Phi) is 3.53. The van der Waals surface area contributed by atoms with E-state index in [-0.39, 0.29) is 36.2 Å². The number of nitrogens with zero attached hydrogens (tertiary/aromatic N) is 1. The van der Waals surface area contributed by atoms with Crippen LogP contribution in [0.25, 0.3) is 0 Å². The zero-order chi connectivity index (χ0) is 15.0. The zero-order valence-corrected chi connectivity index (χ0v) is 12.4. The number of likely N-dealkylation sites (tertiary alicyclic amines) is 1. The van der Waals surface area contributed by atoms with Crippen LogP contribution in [-0.4, -0.2) is 23.4 Å². The van der Waals surface area contributed by atoms with Crippen LogP contribution < -0.4 is 5.32 Å². The fourth-order valence-electron chi connectivity index (χ4n) is 3.29. The molecule has 4 nitrogen and oxygen atoms in total. The van der Waals surface area contributed by atoms with E-state index in [2.05, 4.69) is 5.32 Å². The number of hydrogen-bond acceptors (Lipinski definition) is 3. The first-order valence-corrected chi connectivity index (χ1v) is 7.40. The van der Waals surface area contributed by atoms with E-state index in [1.54, 1.807) is 0 Å². The van der Waals surface area contributed by atoms with Gasteiger partial charge in [-0.25, -0.2) is 0 Å². The van der Waals surface area contributed by atoms with Gasteiger partial charge in [-0.05, 0) is 37.0 Å². The Hall–Kier alpha value is -2.10. The number of carbonyl (C=O) groups is 2. The highest BCUT2D eigenvalue weighted by Gasteiger charge is 2.49. The minimum absolute atomic E-state index is 0.0398. The van der Waals surface area contributed by atoms with Crippen LogP contribution in [-0.2, 0) is 9.59 Å². The molecule has 0 spiro atoms. The van der Waals surface area contributed by atoms with Gasteiger partial charge in [0.1, 0.15) is 0 Å². The molecule has 1 aromatic carbocycles. The number of imide groups is 1. The van der Waals surface area contributed by atoms with E-state index in [4.69, 9.17) is 0 Å². The van der Waals surface area contributed by atoms with E-state index in [1.807, 2.05) is 50.3 Å². The lowest BCUT2D eigenvalue weighted by Crippen LogP contribution is -2.36. The van der Waals surface area contributed by atoms with E-state index in [9.17, 15) is 9.59 Å². The molecule has 1 aliphatic carbocycles. The van der Waals surface area contributed by atoms with Gasteiger partial charge in [-0.2, -0.15) is 0 Å². The maximum absolute atomic E-state index is 12.5. The third-order valence-corrected chi connectivity index (χ3v) is 4.42. The van der Waals surface area contributed by atoms with Crippen molar-refractivity contribution in [2.24, 2.45) is 17.8 Å². The number of aryl methyl sites for hydroxylation is 1. The van der Waals surface area contributed by atoms with Gasteiger partial charge in [-0.3, -0.25) is 14.5 Å². The topological polar surface area (TPSA) is 49.4 Å². The largest absolute Gasteiger partial charge is 0.367 e. The van der Waals surface area contributed by atoms with Gasteiger partial charge >= 0.3 is 0 Å². The maximum atomic E-state index is 12.5. The van der Waals surface area contributed by atoms with Crippen molar-refractivity contribution in [2.45, 2.75) is 20.3 Å². The molecular weight excluding hydrogens is 264 g/mol. The Bertz CT molecular complexity index is 609. The molecule has 1 heterocycles. The van der Waals surface area contributed by atoms with E-state index in [0.717, 1.165) is 11.3 Å². The van der Waals surface area contributed by atoms with Crippen molar-refractivity contribution >= 4 is 17.5 Å². The number of anilines is 1. The summed E-state index contributed by atoms with van der Waals surface area (Å²) in [7, 11) is 0. The Morgan fingerprint density at radius 3 is 2.81 bits per heavy atom. The molecule has 110 valence electrons. The zero-order valence-electron chi connectivity index (χ0n) is 12.4. The molecule has 3 atom stereocenters. The van der Waals surface area contributed by atoms with Gasteiger partial charge in [0.2, 0.25) is 11.8 Å². The Balaban J connectivity index is 1.72. The monoisotopic (exact) mass is 284 g/mol. The third-order valence-electron chi connectivity index (χ3n) is 4.42. The highest BCUT2D eigenvalue weighted by Crippen LogP contribution is 2.38. The molecule has 1 N–H and O–H groups in total. The van der Waals surface area contributed by atoms with Crippen molar-refractivity contribution in [2.75, 3.05) is 12.0 Å². The summed E-state index contributed by atoms with van der Waals surface area (Å²) in [6, 6.07) is 7.91. The Labute approximate surface area is 124 Å². The summed E-state index contributed by atoms with van der Waals surface area (Å²) in [5.41, 5.74) is 2.07. The number of fused-ring (bicyclic) bond motifs is 1. The molecule has 1 saturated heterocycles. The number of carbonyl (C=O) groups excluding carboxylic acids is 2. The highest BCUT2D eigenvalue weighted by atomic mass is 16.2. The summed E-state index contributed by atoms with van der Waals surface area (Å²) in [6.07, 6.45) is 4.75. The van der Waals surface area contributed by atoms with Crippen LogP contribution in [0, 0.1) is 24.7 Å². The number of hydrogen-bond donors (Lipinski definition) is 1. The number of nitrogens with one attached hydrogen (secondary N) is 1. The molecule has 0 aromatic heterocycles. The van der Waals surface area contributed by atoms with Gasteiger partial charge in [-0.1, -0.05) is 31.2 Å². The second kappa shape index (κ2) is 5.35. The standard InChI is InChI=1S/C17H20N2O2/c1-11-5-3-7-13(9-11)18-10-19-16(20)14-8-4-6-12(2)15(14)17(19)21/h3-7,9,12,14-15,18H,8,10H2,1-2H3/t12-,14+,15+/m1/s1. The van der Waals surface area contributed by atoms with Crippen molar-refractivity contribution in [3.8, 4) is 0 Å². The SMILES string of the molecule is Cc1cccc(NCN2C(=O)[C@H]3[C@H](C)C=CC[C@@H]3C2=O)c1. The number of rotatable bonds is 3. The second-order valence-corrected chi connectivity index (χ2v) is 5.96. The quantitative estimate of drug-likeness (QED) is 0.685. The summed E-state index contributed by atoms with van der Waals surface area (Å²) in [6.45, 7) is 4.27. The lowest BCUT2D eigenvalue weighted by atomic mass is 9.78. The minimum atomic E-state index is -0.179. The molecule has 1 fully saturated rings. The smallest absolute Gasteiger partial charge is 0.235 e. The normalized spacial score (nSPS) is 27.9. The van der Waals surface area contributed by atoms with E-state index in [0.29, 0.717) is 6.42 Å².